The number of hydrogen-bond acceptors (Lipinski definition) is 3. The molecule has 1 aromatic rings. The molecule has 1 aliphatic rings. The second-order valence-corrected chi connectivity index (χ2v) is 5.77. The molecular weight excluding hydrogens is 268 g/mol. The number of amides is 2. The van der Waals surface area contributed by atoms with Crippen LogP contribution in [0.3, 0.4) is 0 Å². The van der Waals surface area contributed by atoms with Crippen molar-refractivity contribution in [3.05, 3.63) is 30.3 Å². The quantitative estimate of drug-likeness (QED) is 0.802. The lowest BCUT2D eigenvalue weighted by atomic mass is 10.3. The van der Waals surface area contributed by atoms with Gasteiger partial charge >= 0.3 is 6.03 Å². The van der Waals surface area contributed by atoms with Gasteiger partial charge in [0.25, 0.3) is 10.2 Å². The first kappa shape index (κ1) is 13.8. The SMILES string of the molecule is NS(=O)(=O)N1CCN(C(=O)Nc2ccccc2)CC1. The maximum absolute atomic E-state index is 11.9. The van der Waals surface area contributed by atoms with E-state index in [-0.39, 0.29) is 19.1 Å². The molecule has 0 saturated carbocycles. The van der Waals surface area contributed by atoms with Gasteiger partial charge in [0, 0.05) is 31.9 Å². The number of nitrogens with zero attached hydrogens (tertiary/aromatic N) is 2. The van der Waals surface area contributed by atoms with Crippen molar-refractivity contribution in [1.29, 1.82) is 0 Å². The average molecular weight is 284 g/mol. The summed E-state index contributed by atoms with van der Waals surface area (Å²) in [6.07, 6.45) is 0. The molecular formula is C11H16N4O3S. The normalized spacial score (nSPS) is 17.2. The van der Waals surface area contributed by atoms with E-state index >= 15 is 0 Å². The molecule has 0 bridgehead atoms. The number of benzene rings is 1. The summed E-state index contributed by atoms with van der Waals surface area (Å²) in [6.45, 7) is 1.10. The monoisotopic (exact) mass is 284 g/mol. The third-order valence-electron chi connectivity index (χ3n) is 2.91. The fraction of sp³-hybridized carbons (Fsp3) is 0.364. The zero-order valence-electron chi connectivity index (χ0n) is 10.3. The van der Waals surface area contributed by atoms with E-state index in [0.717, 1.165) is 0 Å². The molecule has 3 N–H and O–H groups in total. The Morgan fingerprint density at radius 2 is 1.68 bits per heavy atom. The van der Waals surface area contributed by atoms with E-state index in [0.29, 0.717) is 18.8 Å². The molecule has 0 unspecified atom stereocenters. The van der Waals surface area contributed by atoms with Crippen molar-refractivity contribution in [2.24, 2.45) is 5.14 Å². The Labute approximate surface area is 112 Å². The van der Waals surface area contributed by atoms with Crippen molar-refractivity contribution in [2.45, 2.75) is 0 Å². The molecule has 8 heteroatoms. The summed E-state index contributed by atoms with van der Waals surface area (Å²) in [5, 5.41) is 7.79. The number of anilines is 1. The van der Waals surface area contributed by atoms with E-state index in [1.165, 1.54) is 4.31 Å². The molecule has 0 radical (unpaired) electrons. The third-order valence-corrected chi connectivity index (χ3v) is 4.00. The molecule has 0 aromatic heterocycles. The summed E-state index contributed by atoms with van der Waals surface area (Å²) >= 11 is 0. The maximum Gasteiger partial charge on any atom is 0.321 e. The number of rotatable bonds is 2. The Balaban J connectivity index is 1.90. The number of carbonyl (C=O) groups is 1. The minimum absolute atomic E-state index is 0.223. The van der Waals surface area contributed by atoms with E-state index < -0.39 is 10.2 Å². The molecule has 2 amide bonds. The van der Waals surface area contributed by atoms with Crippen molar-refractivity contribution in [1.82, 2.24) is 9.21 Å². The predicted molar refractivity (Wildman–Crippen MR) is 71.7 cm³/mol. The van der Waals surface area contributed by atoms with Gasteiger partial charge < -0.3 is 10.2 Å². The van der Waals surface area contributed by atoms with Crippen LogP contribution in [0.5, 0.6) is 0 Å². The highest BCUT2D eigenvalue weighted by atomic mass is 32.2. The Morgan fingerprint density at radius 1 is 1.11 bits per heavy atom. The second kappa shape index (κ2) is 5.55. The summed E-state index contributed by atoms with van der Waals surface area (Å²) in [5.41, 5.74) is 0.710. The second-order valence-electron chi connectivity index (χ2n) is 4.23. The van der Waals surface area contributed by atoms with Gasteiger partial charge in [-0.3, -0.25) is 0 Å². The van der Waals surface area contributed by atoms with Gasteiger partial charge in [-0.25, -0.2) is 9.93 Å². The number of nitrogens with one attached hydrogen (secondary N) is 1. The standard InChI is InChI=1S/C11H16N4O3S/c12-19(17,18)15-8-6-14(7-9-15)11(16)13-10-4-2-1-3-5-10/h1-5H,6-9H2,(H,13,16)(H2,12,17,18). The van der Waals surface area contributed by atoms with Crippen LogP contribution in [0.4, 0.5) is 10.5 Å². The first-order valence-electron chi connectivity index (χ1n) is 5.85. The van der Waals surface area contributed by atoms with E-state index in [9.17, 15) is 13.2 Å². The molecule has 1 fully saturated rings. The Morgan fingerprint density at radius 3 is 2.21 bits per heavy atom. The summed E-state index contributed by atoms with van der Waals surface area (Å²) < 4.78 is 23.4. The van der Waals surface area contributed by atoms with E-state index in [1.807, 2.05) is 18.2 Å². The fourth-order valence-corrected chi connectivity index (χ4v) is 2.54. The van der Waals surface area contributed by atoms with Gasteiger partial charge in [-0.15, -0.1) is 0 Å². The van der Waals surface area contributed by atoms with Gasteiger partial charge in [-0.2, -0.15) is 12.7 Å². The molecule has 1 aromatic carbocycles. The van der Waals surface area contributed by atoms with Gasteiger partial charge in [0.1, 0.15) is 0 Å². The van der Waals surface area contributed by atoms with E-state index in [4.69, 9.17) is 5.14 Å². The van der Waals surface area contributed by atoms with Crippen LogP contribution in [-0.2, 0) is 10.2 Å². The highest BCUT2D eigenvalue weighted by Crippen LogP contribution is 2.09. The molecule has 19 heavy (non-hydrogen) atoms. The number of nitrogens with two attached hydrogens (primary N) is 1. The maximum atomic E-state index is 11.9. The lowest BCUT2D eigenvalue weighted by Gasteiger charge is -2.32. The largest absolute Gasteiger partial charge is 0.322 e. The van der Waals surface area contributed by atoms with Crippen LogP contribution in [-0.4, -0.2) is 49.8 Å². The summed E-state index contributed by atoms with van der Waals surface area (Å²) in [6, 6.07) is 8.86. The van der Waals surface area contributed by atoms with Crippen LogP contribution in [0, 0.1) is 0 Å². The molecule has 1 aliphatic heterocycles. The molecule has 1 saturated heterocycles. The lowest BCUT2D eigenvalue weighted by Crippen LogP contribution is -2.53. The molecule has 2 rings (SSSR count). The van der Waals surface area contributed by atoms with Crippen molar-refractivity contribution >= 4 is 21.9 Å². The van der Waals surface area contributed by atoms with Crippen LogP contribution < -0.4 is 10.5 Å². The summed E-state index contributed by atoms with van der Waals surface area (Å²) in [5.74, 6) is 0. The zero-order valence-corrected chi connectivity index (χ0v) is 11.1. The van der Waals surface area contributed by atoms with Gasteiger partial charge in [0.2, 0.25) is 0 Å². The molecule has 0 atom stereocenters. The molecule has 0 spiro atoms. The van der Waals surface area contributed by atoms with Crippen molar-refractivity contribution in [3.8, 4) is 0 Å². The number of piperazine rings is 1. The first-order valence-corrected chi connectivity index (χ1v) is 7.36. The smallest absolute Gasteiger partial charge is 0.321 e. The highest BCUT2D eigenvalue weighted by Gasteiger charge is 2.26. The minimum atomic E-state index is -3.66. The topological polar surface area (TPSA) is 95.7 Å². The van der Waals surface area contributed by atoms with Crippen LogP contribution in [0.2, 0.25) is 0 Å². The zero-order chi connectivity index (χ0) is 13.9. The third kappa shape index (κ3) is 3.66. The van der Waals surface area contributed by atoms with Gasteiger partial charge in [0.15, 0.2) is 0 Å². The van der Waals surface area contributed by atoms with Crippen molar-refractivity contribution in [3.63, 3.8) is 0 Å². The average Bonchev–Trinajstić information content (AvgIpc) is 2.39. The molecule has 7 nitrogen and oxygen atoms in total. The van der Waals surface area contributed by atoms with Gasteiger partial charge in [-0.05, 0) is 12.1 Å². The summed E-state index contributed by atoms with van der Waals surface area (Å²) in [7, 11) is -3.66. The summed E-state index contributed by atoms with van der Waals surface area (Å²) in [4.78, 5) is 13.5. The molecule has 1 heterocycles. The highest BCUT2D eigenvalue weighted by molar-refractivity contribution is 7.86. The van der Waals surface area contributed by atoms with E-state index in [1.54, 1.807) is 17.0 Å². The van der Waals surface area contributed by atoms with Crippen LogP contribution >= 0.6 is 0 Å². The number of urea groups is 1. The molecule has 0 aliphatic carbocycles. The van der Waals surface area contributed by atoms with Crippen molar-refractivity contribution < 1.29 is 13.2 Å². The Bertz CT molecular complexity index is 538. The number of para-hydroxylation sites is 1. The fourth-order valence-electron chi connectivity index (χ4n) is 1.87. The number of carbonyl (C=O) groups excluding carboxylic acids is 1. The first-order chi connectivity index (χ1) is 8.97. The Hall–Kier alpha value is -1.64. The lowest BCUT2D eigenvalue weighted by molar-refractivity contribution is 0.184. The molecule has 104 valence electrons. The minimum Gasteiger partial charge on any atom is -0.322 e. The predicted octanol–water partition coefficient (Wildman–Crippen LogP) is 0.0396. The van der Waals surface area contributed by atoms with Gasteiger partial charge in [0.05, 0.1) is 0 Å². The van der Waals surface area contributed by atoms with Crippen LogP contribution in [0.15, 0.2) is 30.3 Å². The van der Waals surface area contributed by atoms with Crippen LogP contribution in [0.25, 0.3) is 0 Å². The van der Waals surface area contributed by atoms with Gasteiger partial charge in [-0.1, -0.05) is 18.2 Å². The number of hydrogen-bond donors (Lipinski definition) is 2. The van der Waals surface area contributed by atoms with Crippen LogP contribution in [0.1, 0.15) is 0 Å². The Kier molecular flexibility index (Phi) is 4.03. The van der Waals surface area contributed by atoms with Crippen molar-refractivity contribution in [2.75, 3.05) is 31.5 Å². The van der Waals surface area contributed by atoms with E-state index in [2.05, 4.69) is 5.32 Å².